The summed E-state index contributed by atoms with van der Waals surface area (Å²) in [4.78, 5) is 24.5. The van der Waals surface area contributed by atoms with Crippen LogP contribution in [0.4, 0.5) is 10.1 Å². The van der Waals surface area contributed by atoms with E-state index < -0.39 is 0 Å². The summed E-state index contributed by atoms with van der Waals surface area (Å²) >= 11 is 1.41. The number of ketones is 1. The predicted molar refractivity (Wildman–Crippen MR) is 91.4 cm³/mol. The first-order valence-corrected chi connectivity index (χ1v) is 8.38. The van der Waals surface area contributed by atoms with Gasteiger partial charge in [-0.1, -0.05) is 6.92 Å². The highest BCUT2D eigenvalue weighted by Crippen LogP contribution is 2.21. The van der Waals surface area contributed by atoms with E-state index in [0.717, 1.165) is 17.0 Å². The SMILES string of the molecule is CCCC(=O)Nc1ccc(SCC(=O)c2ccc(F)cc2)cc1. The maximum absolute atomic E-state index is 12.8. The van der Waals surface area contributed by atoms with E-state index in [-0.39, 0.29) is 23.3 Å². The number of carbonyl (C=O) groups is 2. The van der Waals surface area contributed by atoms with Crippen molar-refractivity contribution in [2.24, 2.45) is 0 Å². The second-order valence-electron chi connectivity index (χ2n) is 5.04. The minimum Gasteiger partial charge on any atom is -0.326 e. The van der Waals surface area contributed by atoms with Crippen LogP contribution >= 0.6 is 11.8 Å². The molecule has 23 heavy (non-hydrogen) atoms. The lowest BCUT2D eigenvalue weighted by Gasteiger charge is -2.06. The Bertz CT molecular complexity index is 668. The molecule has 5 heteroatoms. The van der Waals surface area contributed by atoms with Crippen LogP contribution in [0.5, 0.6) is 0 Å². The van der Waals surface area contributed by atoms with E-state index in [9.17, 15) is 14.0 Å². The second-order valence-corrected chi connectivity index (χ2v) is 6.09. The molecule has 0 saturated carbocycles. The number of anilines is 1. The average molecular weight is 331 g/mol. The van der Waals surface area contributed by atoms with Crippen LogP contribution in [0, 0.1) is 5.82 Å². The van der Waals surface area contributed by atoms with Crippen molar-refractivity contribution in [3.63, 3.8) is 0 Å². The molecule has 0 radical (unpaired) electrons. The van der Waals surface area contributed by atoms with Crippen LogP contribution in [0.15, 0.2) is 53.4 Å². The van der Waals surface area contributed by atoms with Crippen LogP contribution in [0.25, 0.3) is 0 Å². The molecule has 120 valence electrons. The van der Waals surface area contributed by atoms with Gasteiger partial charge in [-0.05, 0) is 55.0 Å². The lowest BCUT2D eigenvalue weighted by atomic mass is 10.1. The number of amides is 1. The van der Waals surface area contributed by atoms with E-state index >= 15 is 0 Å². The van der Waals surface area contributed by atoms with Crippen LogP contribution in [-0.2, 0) is 4.79 Å². The topological polar surface area (TPSA) is 46.2 Å². The van der Waals surface area contributed by atoms with E-state index in [4.69, 9.17) is 0 Å². The van der Waals surface area contributed by atoms with Gasteiger partial charge in [0.2, 0.25) is 5.91 Å². The number of rotatable bonds is 7. The van der Waals surface area contributed by atoms with Gasteiger partial charge < -0.3 is 5.32 Å². The smallest absolute Gasteiger partial charge is 0.224 e. The van der Waals surface area contributed by atoms with Crippen molar-refractivity contribution in [3.05, 3.63) is 59.9 Å². The Balaban J connectivity index is 1.87. The van der Waals surface area contributed by atoms with Crippen LogP contribution in [0.2, 0.25) is 0 Å². The molecule has 1 N–H and O–H groups in total. The van der Waals surface area contributed by atoms with Crippen molar-refractivity contribution >= 4 is 29.1 Å². The van der Waals surface area contributed by atoms with Gasteiger partial charge in [-0.3, -0.25) is 9.59 Å². The zero-order valence-corrected chi connectivity index (χ0v) is 13.7. The first-order chi connectivity index (χ1) is 11.1. The van der Waals surface area contributed by atoms with Gasteiger partial charge in [0.1, 0.15) is 5.82 Å². The molecular formula is C18H18FNO2S. The maximum Gasteiger partial charge on any atom is 0.224 e. The summed E-state index contributed by atoms with van der Waals surface area (Å²) in [5.74, 6) is -0.114. The fourth-order valence-corrected chi connectivity index (χ4v) is 2.75. The number of halogens is 1. The molecule has 0 bridgehead atoms. The highest BCUT2D eigenvalue weighted by Gasteiger charge is 2.07. The van der Waals surface area contributed by atoms with Crippen molar-refractivity contribution in [1.29, 1.82) is 0 Å². The van der Waals surface area contributed by atoms with Crippen LogP contribution in [0.3, 0.4) is 0 Å². The first kappa shape index (κ1) is 17.2. The standard InChI is InChI=1S/C18H18FNO2S/c1-2-3-18(22)20-15-8-10-16(11-9-15)23-12-17(21)13-4-6-14(19)7-5-13/h4-11H,2-3,12H2,1H3,(H,20,22). The van der Waals surface area contributed by atoms with Gasteiger partial charge >= 0.3 is 0 Å². The molecule has 0 fully saturated rings. The molecule has 0 unspecified atom stereocenters. The zero-order chi connectivity index (χ0) is 16.7. The molecule has 2 rings (SSSR count). The molecule has 1 amide bonds. The summed E-state index contributed by atoms with van der Waals surface area (Å²) in [5.41, 5.74) is 1.25. The minimum atomic E-state index is -0.352. The molecular weight excluding hydrogens is 313 g/mol. The molecule has 2 aromatic carbocycles. The van der Waals surface area contributed by atoms with Gasteiger partial charge in [0.05, 0.1) is 5.75 Å². The molecule has 0 spiro atoms. The third-order valence-corrected chi connectivity index (χ3v) is 4.16. The lowest BCUT2D eigenvalue weighted by molar-refractivity contribution is -0.116. The monoisotopic (exact) mass is 331 g/mol. The number of Topliss-reactive ketones (excluding diaryl/α,β-unsaturated/α-hetero) is 1. The summed E-state index contributed by atoms with van der Waals surface area (Å²) in [7, 11) is 0. The van der Waals surface area contributed by atoms with Gasteiger partial charge in [0.15, 0.2) is 5.78 Å². The molecule has 0 aromatic heterocycles. The van der Waals surface area contributed by atoms with Gasteiger partial charge in [0, 0.05) is 22.6 Å². The molecule has 0 saturated heterocycles. The molecule has 0 heterocycles. The number of thioether (sulfide) groups is 1. The molecule has 0 aliphatic heterocycles. The molecule has 0 aliphatic rings. The summed E-state index contributed by atoms with van der Waals surface area (Å²) < 4.78 is 12.8. The van der Waals surface area contributed by atoms with Gasteiger partial charge in [-0.15, -0.1) is 11.8 Å². The van der Waals surface area contributed by atoms with E-state index in [1.165, 1.54) is 36.0 Å². The Labute approximate surface area is 139 Å². The van der Waals surface area contributed by atoms with Crippen molar-refractivity contribution < 1.29 is 14.0 Å². The highest BCUT2D eigenvalue weighted by atomic mass is 32.2. The molecule has 0 atom stereocenters. The Morgan fingerprint density at radius 1 is 1.04 bits per heavy atom. The minimum absolute atomic E-state index is 0.000564. The Morgan fingerprint density at radius 2 is 1.70 bits per heavy atom. The van der Waals surface area contributed by atoms with Gasteiger partial charge in [-0.2, -0.15) is 0 Å². The fraction of sp³-hybridized carbons (Fsp3) is 0.222. The number of carbonyl (C=O) groups excluding carboxylic acids is 2. The highest BCUT2D eigenvalue weighted by molar-refractivity contribution is 8.00. The first-order valence-electron chi connectivity index (χ1n) is 7.40. The average Bonchev–Trinajstić information content (AvgIpc) is 2.55. The van der Waals surface area contributed by atoms with E-state index in [0.29, 0.717) is 12.0 Å². The van der Waals surface area contributed by atoms with Gasteiger partial charge in [-0.25, -0.2) is 4.39 Å². The summed E-state index contributed by atoms with van der Waals surface area (Å²) in [6.07, 6.45) is 1.31. The quantitative estimate of drug-likeness (QED) is 0.598. The third kappa shape index (κ3) is 5.53. The van der Waals surface area contributed by atoms with Crippen molar-refractivity contribution in [2.45, 2.75) is 24.7 Å². The van der Waals surface area contributed by atoms with Crippen molar-refractivity contribution in [2.75, 3.05) is 11.1 Å². The van der Waals surface area contributed by atoms with Crippen molar-refractivity contribution in [1.82, 2.24) is 0 Å². The van der Waals surface area contributed by atoms with Crippen LogP contribution in [-0.4, -0.2) is 17.4 Å². The van der Waals surface area contributed by atoms with Gasteiger partial charge in [0.25, 0.3) is 0 Å². The largest absolute Gasteiger partial charge is 0.326 e. The van der Waals surface area contributed by atoms with E-state index in [1.54, 1.807) is 0 Å². The lowest BCUT2D eigenvalue weighted by Crippen LogP contribution is -2.10. The van der Waals surface area contributed by atoms with E-state index in [1.807, 2.05) is 31.2 Å². The number of benzene rings is 2. The summed E-state index contributed by atoms with van der Waals surface area (Å²) in [5, 5.41) is 2.82. The fourth-order valence-electron chi connectivity index (χ4n) is 1.95. The normalized spacial score (nSPS) is 10.3. The summed E-state index contributed by atoms with van der Waals surface area (Å²) in [6.45, 7) is 1.96. The number of hydrogen-bond acceptors (Lipinski definition) is 3. The molecule has 2 aromatic rings. The zero-order valence-electron chi connectivity index (χ0n) is 12.8. The van der Waals surface area contributed by atoms with Crippen LogP contribution in [0.1, 0.15) is 30.1 Å². The van der Waals surface area contributed by atoms with E-state index in [2.05, 4.69) is 5.32 Å². The Morgan fingerprint density at radius 3 is 2.30 bits per heavy atom. The Kier molecular flexibility index (Phi) is 6.35. The number of hydrogen-bond donors (Lipinski definition) is 1. The molecule has 0 aliphatic carbocycles. The predicted octanol–water partition coefficient (Wildman–Crippen LogP) is 4.54. The van der Waals surface area contributed by atoms with Crippen LogP contribution < -0.4 is 5.32 Å². The van der Waals surface area contributed by atoms with Crippen molar-refractivity contribution in [3.8, 4) is 0 Å². The summed E-state index contributed by atoms with van der Waals surface area (Å²) in [6, 6.07) is 12.9. The third-order valence-electron chi connectivity index (χ3n) is 3.15. The number of nitrogens with one attached hydrogen (secondary N) is 1. The Hall–Kier alpha value is -2.14. The maximum atomic E-state index is 12.8. The second kappa shape index (κ2) is 8.48. The molecule has 3 nitrogen and oxygen atoms in total.